The van der Waals surface area contributed by atoms with E-state index in [1.54, 1.807) is 13.8 Å². The van der Waals surface area contributed by atoms with Crippen LogP contribution < -0.4 is 5.32 Å². The Morgan fingerprint density at radius 3 is 2.82 bits per heavy atom. The van der Waals surface area contributed by atoms with E-state index in [4.69, 9.17) is 5.11 Å². The van der Waals surface area contributed by atoms with E-state index >= 15 is 0 Å². The molecule has 0 spiro atoms. The molecule has 1 aromatic carbocycles. The molecule has 0 aliphatic rings. The summed E-state index contributed by atoms with van der Waals surface area (Å²) in [6, 6.07) is 7.85. The molecule has 4 nitrogen and oxygen atoms in total. The number of nitrogens with one attached hydrogen (secondary N) is 1. The normalized spacial score (nSPS) is 11.6. The third kappa shape index (κ3) is 2.55. The zero-order chi connectivity index (χ0) is 12.5. The smallest absolute Gasteiger partial charge is 0.310 e. The minimum Gasteiger partial charge on any atom is -0.481 e. The molecule has 0 fully saturated rings. The Labute approximate surface area is 103 Å². The second-order valence-electron chi connectivity index (χ2n) is 4.53. The Hall–Kier alpha value is -1.62. The fourth-order valence-electron chi connectivity index (χ4n) is 1.32. The molecule has 0 amide bonds. The molecule has 0 aliphatic carbocycles. The third-order valence-corrected chi connectivity index (χ3v) is 3.55. The van der Waals surface area contributed by atoms with Crippen molar-refractivity contribution in [2.24, 2.45) is 5.41 Å². The van der Waals surface area contributed by atoms with Crippen LogP contribution in [0.25, 0.3) is 10.2 Å². The molecule has 0 radical (unpaired) electrons. The molecule has 0 saturated heterocycles. The fraction of sp³-hybridized carbons (Fsp3) is 0.333. The molecule has 2 rings (SSSR count). The maximum absolute atomic E-state index is 11.0. The monoisotopic (exact) mass is 250 g/mol. The van der Waals surface area contributed by atoms with E-state index in [0.717, 1.165) is 15.3 Å². The second-order valence-corrected chi connectivity index (χ2v) is 5.56. The van der Waals surface area contributed by atoms with Gasteiger partial charge in [0, 0.05) is 6.54 Å². The number of fused-ring (bicyclic) bond motifs is 1. The predicted octanol–water partition coefficient (Wildman–Crippen LogP) is 2.82. The molecule has 0 atom stereocenters. The summed E-state index contributed by atoms with van der Waals surface area (Å²) in [6.07, 6.45) is 0. The number of para-hydroxylation sites is 1. The number of thiazole rings is 1. The lowest BCUT2D eigenvalue weighted by molar-refractivity contribution is -0.146. The summed E-state index contributed by atoms with van der Waals surface area (Å²) in [5.41, 5.74) is 0.144. The number of carbonyl (C=O) groups is 1. The van der Waals surface area contributed by atoms with Gasteiger partial charge in [-0.25, -0.2) is 4.98 Å². The lowest BCUT2D eigenvalue weighted by atomic mass is 9.94. The first kappa shape index (κ1) is 11.9. The van der Waals surface area contributed by atoms with Gasteiger partial charge in [-0.2, -0.15) is 0 Å². The molecule has 2 N–H and O–H groups in total. The van der Waals surface area contributed by atoms with Gasteiger partial charge in [0.1, 0.15) is 0 Å². The number of aliphatic carboxylic acids is 1. The van der Waals surface area contributed by atoms with Crippen LogP contribution in [0.5, 0.6) is 0 Å². The standard InChI is InChI=1S/C12H14N2O2S/c1-12(2,10(15)16)7-13-11-14-8-5-3-4-6-9(8)17-11/h3-6H,7H2,1-2H3,(H,13,14)(H,15,16). The van der Waals surface area contributed by atoms with E-state index < -0.39 is 11.4 Å². The van der Waals surface area contributed by atoms with E-state index in [9.17, 15) is 4.79 Å². The van der Waals surface area contributed by atoms with Gasteiger partial charge in [0.2, 0.25) is 0 Å². The van der Waals surface area contributed by atoms with Crippen molar-refractivity contribution in [3.8, 4) is 0 Å². The highest BCUT2D eigenvalue weighted by molar-refractivity contribution is 7.22. The molecule has 0 bridgehead atoms. The molecule has 1 heterocycles. The highest BCUT2D eigenvalue weighted by atomic mass is 32.1. The van der Waals surface area contributed by atoms with Crippen molar-refractivity contribution >= 4 is 32.7 Å². The van der Waals surface area contributed by atoms with Gasteiger partial charge in [0.25, 0.3) is 0 Å². The number of nitrogens with zero attached hydrogens (tertiary/aromatic N) is 1. The van der Waals surface area contributed by atoms with Crippen LogP contribution in [0.3, 0.4) is 0 Å². The Balaban J connectivity index is 2.12. The van der Waals surface area contributed by atoms with Gasteiger partial charge >= 0.3 is 5.97 Å². The van der Waals surface area contributed by atoms with Crippen LogP contribution in [-0.2, 0) is 4.79 Å². The lowest BCUT2D eigenvalue weighted by Crippen LogP contribution is -2.31. The Kier molecular flexibility index (Phi) is 3.02. The number of benzene rings is 1. The molecule has 0 saturated carbocycles. The topological polar surface area (TPSA) is 62.2 Å². The number of aromatic nitrogens is 1. The molecule has 5 heteroatoms. The number of hydrogen-bond donors (Lipinski definition) is 2. The van der Waals surface area contributed by atoms with Crippen LogP contribution >= 0.6 is 11.3 Å². The molecule has 0 aliphatic heterocycles. The van der Waals surface area contributed by atoms with E-state index in [1.807, 2.05) is 24.3 Å². The van der Waals surface area contributed by atoms with Crippen LogP contribution in [0.4, 0.5) is 5.13 Å². The Morgan fingerprint density at radius 2 is 2.18 bits per heavy atom. The molecule has 2 aromatic rings. The van der Waals surface area contributed by atoms with Gasteiger partial charge in [-0.05, 0) is 26.0 Å². The van der Waals surface area contributed by atoms with Crippen molar-refractivity contribution < 1.29 is 9.90 Å². The Morgan fingerprint density at radius 1 is 1.47 bits per heavy atom. The summed E-state index contributed by atoms with van der Waals surface area (Å²) in [7, 11) is 0. The zero-order valence-electron chi connectivity index (χ0n) is 9.73. The summed E-state index contributed by atoms with van der Waals surface area (Å²) < 4.78 is 1.10. The average molecular weight is 250 g/mol. The van der Waals surface area contributed by atoms with Crippen LogP contribution in [0.2, 0.25) is 0 Å². The van der Waals surface area contributed by atoms with Crippen LogP contribution in [0, 0.1) is 5.41 Å². The largest absolute Gasteiger partial charge is 0.481 e. The zero-order valence-corrected chi connectivity index (χ0v) is 10.5. The van der Waals surface area contributed by atoms with Crippen molar-refractivity contribution in [3.05, 3.63) is 24.3 Å². The van der Waals surface area contributed by atoms with Crippen molar-refractivity contribution in [3.63, 3.8) is 0 Å². The van der Waals surface area contributed by atoms with Crippen molar-refractivity contribution in [2.75, 3.05) is 11.9 Å². The van der Waals surface area contributed by atoms with E-state index in [2.05, 4.69) is 10.3 Å². The molecule has 0 unspecified atom stereocenters. The van der Waals surface area contributed by atoms with Crippen molar-refractivity contribution in [1.29, 1.82) is 0 Å². The van der Waals surface area contributed by atoms with Gasteiger partial charge in [0.05, 0.1) is 15.6 Å². The Bertz CT molecular complexity index is 515. The summed E-state index contributed by atoms with van der Waals surface area (Å²) >= 11 is 1.53. The summed E-state index contributed by atoms with van der Waals surface area (Å²) in [5.74, 6) is -0.814. The van der Waals surface area contributed by atoms with Crippen LogP contribution in [0.1, 0.15) is 13.8 Å². The van der Waals surface area contributed by atoms with Gasteiger partial charge in [-0.3, -0.25) is 4.79 Å². The SMILES string of the molecule is CC(C)(CNc1nc2ccccc2s1)C(=O)O. The van der Waals surface area contributed by atoms with Crippen molar-refractivity contribution in [2.45, 2.75) is 13.8 Å². The quantitative estimate of drug-likeness (QED) is 0.876. The molecular formula is C12H14N2O2S. The highest BCUT2D eigenvalue weighted by Gasteiger charge is 2.27. The minimum atomic E-state index is -0.814. The number of carboxylic acids is 1. The maximum Gasteiger partial charge on any atom is 0.310 e. The van der Waals surface area contributed by atoms with E-state index in [1.165, 1.54) is 11.3 Å². The van der Waals surface area contributed by atoms with E-state index in [0.29, 0.717) is 6.54 Å². The second kappa shape index (κ2) is 4.33. The highest BCUT2D eigenvalue weighted by Crippen LogP contribution is 2.26. The molecule has 1 aromatic heterocycles. The van der Waals surface area contributed by atoms with Gasteiger partial charge in [-0.15, -0.1) is 0 Å². The third-order valence-electron chi connectivity index (χ3n) is 2.55. The summed E-state index contributed by atoms with van der Waals surface area (Å²) in [5, 5.41) is 12.8. The number of carboxylic acid groups (broad SMARTS) is 1. The molecular weight excluding hydrogens is 236 g/mol. The lowest BCUT2D eigenvalue weighted by Gasteiger charge is -2.18. The van der Waals surface area contributed by atoms with Gasteiger partial charge in [0.15, 0.2) is 5.13 Å². The maximum atomic E-state index is 11.0. The molecule has 17 heavy (non-hydrogen) atoms. The van der Waals surface area contributed by atoms with Crippen LogP contribution in [0.15, 0.2) is 24.3 Å². The van der Waals surface area contributed by atoms with Crippen LogP contribution in [-0.4, -0.2) is 22.6 Å². The first-order valence-electron chi connectivity index (χ1n) is 5.32. The van der Waals surface area contributed by atoms with Gasteiger partial charge in [-0.1, -0.05) is 23.5 Å². The fourth-order valence-corrected chi connectivity index (χ4v) is 2.18. The predicted molar refractivity (Wildman–Crippen MR) is 69.5 cm³/mol. The first-order valence-corrected chi connectivity index (χ1v) is 6.13. The number of hydrogen-bond acceptors (Lipinski definition) is 4. The van der Waals surface area contributed by atoms with Crippen molar-refractivity contribution in [1.82, 2.24) is 4.98 Å². The first-order chi connectivity index (χ1) is 7.99. The van der Waals surface area contributed by atoms with E-state index in [-0.39, 0.29) is 0 Å². The van der Waals surface area contributed by atoms with Gasteiger partial charge < -0.3 is 10.4 Å². The molecule has 90 valence electrons. The number of rotatable bonds is 4. The minimum absolute atomic E-state index is 0.363. The summed E-state index contributed by atoms with van der Waals surface area (Å²) in [4.78, 5) is 15.3. The number of anilines is 1. The summed E-state index contributed by atoms with van der Waals surface area (Å²) in [6.45, 7) is 3.74. The average Bonchev–Trinajstić information content (AvgIpc) is 2.69.